The summed E-state index contributed by atoms with van der Waals surface area (Å²) in [5.41, 5.74) is 2.36. The molecule has 0 radical (unpaired) electrons. The van der Waals surface area contributed by atoms with Gasteiger partial charge in [-0.05, 0) is 24.5 Å². The molecule has 80 valence electrons. The van der Waals surface area contributed by atoms with Gasteiger partial charge < -0.3 is 9.69 Å². The average molecular weight is 203 g/mol. The highest BCUT2D eigenvalue weighted by Gasteiger charge is 2.33. The molecule has 3 atom stereocenters. The molecule has 3 unspecified atom stereocenters. The van der Waals surface area contributed by atoms with Gasteiger partial charge in [0.15, 0.2) is 0 Å². The fourth-order valence-electron chi connectivity index (χ4n) is 2.44. The number of benzene rings is 1. The molecule has 1 aliphatic heterocycles. The molecule has 2 nitrogen and oxygen atoms in total. The predicted molar refractivity (Wildman–Crippen MR) is 62.3 cm³/mol. The van der Waals surface area contributed by atoms with Crippen molar-refractivity contribution in [3.05, 3.63) is 29.8 Å². The first-order valence-corrected chi connectivity index (χ1v) is 5.44. The molecular formula is C13H17NO. The van der Waals surface area contributed by atoms with E-state index in [1.165, 1.54) is 11.3 Å². The van der Waals surface area contributed by atoms with E-state index in [0.29, 0.717) is 12.0 Å². The summed E-state index contributed by atoms with van der Waals surface area (Å²) >= 11 is 0. The highest BCUT2D eigenvalue weighted by atomic mass is 16.1. The van der Waals surface area contributed by atoms with Crippen LogP contribution in [0.4, 0.5) is 5.69 Å². The molecule has 0 fully saturated rings. The monoisotopic (exact) mass is 203 g/mol. The Bertz CT molecular complexity index is 375. The van der Waals surface area contributed by atoms with E-state index in [-0.39, 0.29) is 5.92 Å². The number of fused-ring (bicyclic) bond motifs is 1. The molecule has 1 heterocycles. The van der Waals surface area contributed by atoms with Crippen LogP contribution in [0.1, 0.15) is 25.3 Å². The molecule has 15 heavy (non-hydrogen) atoms. The second kappa shape index (κ2) is 3.69. The largest absolute Gasteiger partial charge is 0.371 e. The molecule has 0 saturated heterocycles. The second-order valence-electron chi connectivity index (χ2n) is 4.43. The lowest BCUT2D eigenvalue weighted by Gasteiger charge is -2.41. The number of carbonyl (C=O) groups excluding carboxylic acids is 1. The first kappa shape index (κ1) is 10.2. The van der Waals surface area contributed by atoms with Crippen molar-refractivity contribution in [2.45, 2.75) is 25.8 Å². The Morgan fingerprint density at radius 3 is 2.60 bits per heavy atom. The van der Waals surface area contributed by atoms with Crippen molar-refractivity contribution in [3.63, 3.8) is 0 Å². The number of nitrogens with zero attached hydrogens (tertiary/aromatic N) is 1. The first-order chi connectivity index (χ1) is 7.16. The summed E-state index contributed by atoms with van der Waals surface area (Å²) in [4.78, 5) is 13.4. The van der Waals surface area contributed by atoms with Gasteiger partial charge in [0.2, 0.25) is 0 Å². The number of aldehydes is 1. The summed E-state index contributed by atoms with van der Waals surface area (Å²) in [5.74, 6) is 0.426. The molecule has 0 saturated carbocycles. The van der Waals surface area contributed by atoms with E-state index in [1.54, 1.807) is 0 Å². The maximum absolute atomic E-state index is 11.2. The van der Waals surface area contributed by atoms with Gasteiger partial charge in [0.05, 0.1) is 0 Å². The van der Waals surface area contributed by atoms with Crippen LogP contribution in [-0.2, 0) is 4.79 Å². The zero-order chi connectivity index (χ0) is 11.0. The summed E-state index contributed by atoms with van der Waals surface area (Å²) in [5, 5.41) is 0. The third kappa shape index (κ3) is 1.44. The number of para-hydroxylation sites is 1. The van der Waals surface area contributed by atoms with Gasteiger partial charge in [-0.3, -0.25) is 0 Å². The Morgan fingerprint density at radius 2 is 1.93 bits per heavy atom. The van der Waals surface area contributed by atoms with Crippen molar-refractivity contribution in [2.24, 2.45) is 5.92 Å². The van der Waals surface area contributed by atoms with Crippen LogP contribution in [0.25, 0.3) is 0 Å². The highest BCUT2D eigenvalue weighted by Crippen LogP contribution is 2.39. The number of anilines is 1. The third-order valence-electron chi connectivity index (χ3n) is 3.76. The minimum absolute atomic E-state index is 0.0485. The van der Waals surface area contributed by atoms with E-state index < -0.39 is 0 Å². The van der Waals surface area contributed by atoms with E-state index in [2.05, 4.69) is 37.9 Å². The van der Waals surface area contributed by atoms with Gasteiger partial charge >= 0.3 is 0 Å². The number of rotatable bonds is 1. The van der Waals surface area contributed by atoms with Crippen molar-refractivity contribution in [3.8, 4) is 0 Å². The van der Waals surface area contributed by atoms with Gasteiger partial charge in [-0.15, -0.1) is 0 Å². The minimum atomic E-state index is 0.0485. The molecule has 1 aromatic carbocycles. The van der Waals surface area contributed by atoms with Crippen molar-refractivity contribution >= 4 is 12.0 Å². The van der Waals surface area contributed by atoms with Gasteiger partial charge in [0.1, 0.15) is 6.29 Å². The maximum atomic E-state index is 11.2. The predicted octanol–water partition coefficient (Wildman–Crippen LogP) is 2.44. The van der Waals surface area contributed by atoms with Crippen LogP contribution in [0.5, 0.6) is 0 Å². The van der Waals surface area contributed by atoms with Crippen LogP contribution in [0.2, 0.25) is 0 Å². The number of hydrogen-bond donors (Lipinski definition) is 0. The molecule has 0 bridgehead atoms. The molecule has 2 rings (SSSR count). The number of hydrogen-bond acceptors (Lipinski definition) is 2. The molecule has 1 aliphatic rings. The van der Waals surface area contributed by atoms with E-state index >= 15 is 0 Å². The average Bonchev–Trinajstić information content (AvgIpc) is 2.27. The summed E-state index contributed by atoms with van der Waals surface area (Å²) in [6, 6.07) is 8.60. The van der Waals surface area contributed by atoms with Crippen molar-refractivity contribution in [2.75, 3.05) is 11.9 Å². The van der Waals surface area contributed by atoms with Crippen LogP contribution in [-0.4, -0.2) is 19.4 Å². The molecule has 0 aromatic heterocycles. The lowest BCUT2D eigenvalue weighted by Crippen LogP contribution is -2.42. The first-order valence-electron chi connectivity index (χ1n) is 5.44. The van der Waals surface area contributed by atoms with E-state index in [4.69, 9.17) is 0 Å². The van der Waals surface area contributed by atoms with Gasteiger partial charge in [-0.1, -0.05) is 25.1 Å². The normalized spacial score (nSPS) is 29.8. The Kier molecular flexibility index (Phi) is 2.51. The molecule has 0 amide bonds. The van der Waals surface area contributed by atoms with Crippen LogP contribution in [0.15, 0.2) is 24.3 Å². The highest BCUT2D eigenvalue weighted by molar-refractivity contribution is 5.71. The standard InChI is InChI=1S/C13H17NO/c1-9-10(2)14(3)13-7-5-4-6-11(13)12(9)8-15/h4-10,12H,1-3H3. The Balaban J connectivity index is 2.54. The molecule has 0 N–H and O–H groups in total. The second-order valence-corrected chi connectivity index (χ2v) is 4.43. The van der Waals surface area contributed by atoms with Crippen LogP contribution in [0, 0.1) is 5.92 Å². The van der Waals surface area contributed by atoms with Gasteiger partial charge in [0, 0.05) is 24.7 Å². The summed E-state index contributed by atoms with van der Waals surface area (Å²) in [6.45, 7) is 4.33. The molecular weight excluding hydrogens is 186 g/mol. The Hall–Kier alpha value is -1.31. The van der Waals surface area contributed by atoms with Crippen LogP contribution in [0.3, 0.4) is 0 Å². The Morgan fingerprint density at radius 1 is 1.27 bits per heavy atom. The van der Waals surface area contributed by atoms with Crippen molar-refractivity contribution in [1.82, 2.24) is 0 Å². The smallest absolute Gasteiger partial charge is 0.127 e. The van der Waals surface area contributed by atoms with Gasteiger partial charge in [0.25, 0.3) is 0 Å². The van der Waals surface area contributed by atoms with Crippen molar-refractivity contribution in [1.29, 1.82) is 0 Å². The van der Waals surface area contributed by atoms with E-state index in [9.17, 15) is 4.79 Å². The van der Waals surface area contributed by atoms with Crippen LogP contribution < -0.4 is 4.90 Å². The van der Waals surface area contributed by atoms with Crippen molar-refractivity contribution < 1.29 is 4.79 Å². The molecule has 2 heteroatoms. The lowest BCUT2D eigenvalue weighted by atomic mass is 9.79. The topological polar surface area (TPSA) is 20.3 Å². The van der Waals surface area contributed by atoms with E-state index in [1.807, 2.05) is 12.1 Å². The molecule has 0 aliphatic carbocycles. The fraction of sp³-hybridized carbons (Fsp3) is 0.462. The maximum Gasteiger partial charge on any atom is 0.127 e. The lowest BCUT2D eigenvalue weighted by molar-refractivity contribution is -0.110. The SMILES string of the molecule is CC1C(C=O)c2ccccc2N(C)C1C. The number of carbonyl (C=O) groups is 1. The summed E-state index contributed by atoms with van der Waals surface area (Å²) in [6.07, 6.45) is 1.09. The summed E-state index contributed by atoms with van der Waals surface area (Å²) in [7, 11) is 2.10. The zero-order valence-corrected chi connectivity index (χ0v) is 9.47. The van der Waals surface area contributed by atoms with Gasteiger partial charge in [-0.2, -0.15) is 0 Å². The third-order valence-corrected chi connectivity index (χ3v) is 3.76. The van der Waals surface area contributed by atoms with E-state index in [0.717, 1.165) is 6.29 Å². The summed E-state index contributed by atoms with van der Waals surface area (Å²) < 4.78 is 0. The molecule has 1 aromatic rings. The molecule has 0 spiro atoms. The Labute approximate surface area is 90.9 Å². The van der Waals surface area contributed by atoms with Gasteiger partial charge in [-0.25, -0.2) is 0 Å². The van der Waals surface area contributed by atoms with Crippen LogP contribution >= 0.6 is 0 Å². The minimum Gasteiger partial charge on any atom is -0.371 e. The zero-order valence-electron chi connectivity index (χ0n) is 9.47. The fourth-order valence-corrected chi connectivity index (χ4v) is 2.44. The quantitative estimate of drug-likeness (QED) is 0.653.